The first kappa shape index (κ1) is 10.4. The maximum atomic E-state index is 13.0. The Balaban J connectivity index is 2.06. The van der Waals surface area contributed by atoms with Gasteiger partial charge < -0.3 is 9.52 Å². The Hall–Kier alpha value is -1.72. The van der Waals surface area contributed by atoms with Crippen LogP contribution in [0.25, 0.3) is 11.0 Å². The van der Waals surface area contributed by atoms with Gasteiger partial charge in [0.05, 0.1) is 10.4 Å². The smallest absolute Gasteiger partial charge is 0.147 e. The molecule has 0 spiro atoms. The first-order valence-corrected chi connectivity index (χ1v) is 5.87. The van der Waals surface area contributed by atoms with Crippen molar-refractivity contribution in [3.63, 3.8) is 0 Å². The second-order valence-corrected chi connectivity index (χ2v) is 4.56. The molecule has 0 saturated carbocycles. The Kier molecular flexibility index (Phi) is 2.42. The van der Waals surface area contributed by atoms with Crippen LogP contribution in [0.4, 0.5) is 4.39 Å². The molecule has 0 aliphatic heterocycles. The molecular formula is C12H8FNO2S. The van der Waals surface area contributed by atoms with Crippen LogP contribution in [0.3, 0.4) is 0 Å². The van der Waals surface area contributed by atoms with Crippen LogP contribution in [0.15, 0.2) is 40.4 Å². The van der Waals surface area contributed by atoms with E-state index in [0.29, 0.717) is 21.6 Å². The van der Waals surface area contributed by atoms with Gasteiger partial charge in [0.25, 0.3) is 0 Å². The molecule has 0 fully saturated rings. The molecule has 1 aromatic carbocycles. The van der Waals surface area contributed by atoms with Gasteiger partial charge in [0.15, 0.2) is 0 Å². The molecule has 2 aromatic heterocycles. The largest absolute Gasteiger partial charge is 0.458 e. The fourth-order valence-corrected chi connectivity index (χ4v) is 2.28. The minimum absolute atomic E-state index is 0.322. The summed E-state index contributed by atoms with van der Waals surface area (Å²) in [5.41, 5.74) is 2.20. The zero-order chi connectivity index (χ0) is 11.8. The van der Waals surface area contributed by atoms with Crippen molar-refractivity contribution >= 4 is 22.3 Å². The van der Waals surface area contributed by atoms with Gasteiger partial charge >= 0.3 is 0 Å². The summed E-state index contributed by atoms with van der Waals surface area (Å²) < 4.78 is 18.5. The molecule has 0 aliphatic rings. The van der Waals surface area contributed by atoms with Crippen LogP contribution in [0.1, 0.15) is 16.7 Å². The predicted molar refractivity (Wildman–Crippen MR) is 62.3 cm³/mol. The maximum Gasteiger partial charge on any atom is 0.147 e. The lowest BCUT2D eigenvalue weighted by Crippen LogP contribution is -1.94. The predicted octanol–water partition coefficient (Wildman–Crippen LogP) is 3.11. The van der Waals surface area contributed by atoms with Crippen molar-refractivity contribution in [2.45, 2.75) is 6.10 Å². The summed E-state index contributed by atoms with van der Waals surface area (Å²) in [6, 6.07) is 5.90. The number of aliphatic hydroxyl groups is 1. The lowest BCUT2D eigenvalue weighted by Gasteiger charge is -2.02. The number of fused-ring (bicyclic) bond motifs is 1. The van der Waals surface area contributed by atoms with Crippen molar-refractivity contribution in [2.24, 2.45) is 0 Å². The quantitative estimate of drug-likeness (QED) is 0.759. The molecule has 17 heavy (non-hydrogen) atoms. The van der Waals surface area contributed by atoms with E-state index in [4.69, 9.17) is 4.42 Å². The number of benzene rings is 1. The normalized spacial score (nSPS) is 13.1. The second-order valence-electron chi connectivity index (χ2n) is 3.64. The van der Waals surface area contributed by atoms with Gasteiger partial charge in [-0.2, -0.15) is 0 Å². The topological polar surface area (TPSA) is 46.3 Å². The zero-order valence-corrected chi connectivity index (χ0v) is 9.45. The molecule has 5 heteroatoms. The van der Waals surface area contributed by atoms with Gasteiger partial charge in [-0.25, -0.2) is 4.39 Å². The summed E-state index contributed by atoms with van der Waals surface area (Å²) in [5, 5.41) is 10.7. The lowest BCUT2D eigenvalue weighted by atomic mass is 10.2. The van der Waals surface area contributed by atoms with E-state index in [-0.39, 0.29) is 5.82 Å². The molecule has 0 aliphatic carbocycles. The Morgan fingerprint density at radius 1 is 1.35 bits per heavy atom. The van der Waals surface area contributed by atoms with Gasteiger partial charge in [-0.1, -0.05) is 0 Å². The Bertz CT molecular complexity index is 648. The third-order valence-corrected chi connectivity index (χ3v) is 3.32. The van der Waals surface area contributed by atoms with E-state index in [1.54, 1.807) is 23.8 Å². The monoisotopic (exact) mass is 249 g/mol. The lowest BCUT2D eigenvalue weighted by molar-refractivity contribution is 0.195. The Morgan fingerprint density at radius 2 is 2.24 bits per heavy atom. The van der Waals surface area contributed by atoms with Gasteiger partial charge in [-0.3, -0.25) is 4.98 Å². The van der Waals surface area contributed by atoms with E-state index in [0.717, 1.165) is 0 Å². The number of hydrogen-bond donors (Lipinski definition) is 1. The first-order valence-electron chi connectivity index (χ1n) is 4.99. The molecule has 0 saturated heterocycles. The summed E-state index contributed by atoms with van der Waals surface area (Å²) in [7, 11) is 0. The summed E-state index contributed by atoms with van der Waals surface area (Å²) in [6.07, 6.45) is 0.737. The molecule has 1 unspecified atom stereocenters. The molecule has 1 atom stereocenters. The van der Waals surface area contributed by atoms with E-state index >= 15 is 0 Å². The van der Waals surface area contributed by atoms with Crippen molar-refractivity contribution in [1.29, 1.82) is 0 Å². The van der Waals surface area contributed by atoms with Gasteiger partial charge in [0.1, 0.15) is 23.3 Å². The van der Waals surface area contributed by atoms with E-state index in [1.165, 1.54) is 23.5 Å². The third kappa shape index (κ3) is 1.83. The number of furan rings is 1. The number of aliphatic hydroxyl groups excluding tert-OH is 1. The summed E-state index contributed by atoms with van der Waals surface area (Å²) in [6.45, 7) is 0. The molecule has 1 N–H and O–H groups in total. The molecule has 3 rings (SSSR count). The summed E-state index contributed by atoms with van der Waals surface area (Å²) in [4.78, 5) is 4.59. The van der Waals surface area contributed by atoms with E-state index in [1.807, 2.05) is 0 Å². The summed E-state index contributed by atoms with van der Waals surface area (Å²) in [5.74, 6) is 0.0759. The van der Waals surface area contributed by atoms with Gasteiger partial charge in [0.2, 0.25) is 0 Å². The van der Waals surface area contributed by atoms with Crippen LogP contribution in [0.5, 0.6) is 0 Å². The fourth-order valence-electron chi connectivity index (χ4n) is 1.67. The van der Waals surface area contributed by atoms with Crippen molar-refractivity contribution in [3.8, 4) is 0 Å². The molecular weight excluding hydrogens is 241 g/mol. The van der Waals surface area contributed by atoms with Gasteiger partial charge in [-0.15, -0.1) is 11.3 Å². The Morgan fingerprint density at radius 3 is 3.00 bits per heavy atom. The van der Waals surface area contributed by atoms with Crippen LogP contribution in [0.2, 0.25) is 0 Å². The van der Waals surface area contributed by atoms with Crippen molar-refractivity contribution in [2.75, 3.05) is 0 Å². The molecule has 0 radical (unpaired) electrons. The van der Waals surface area contributed by atoms with Crippen LogP contribution in [0, 0.1) is 5.82 Å². The Labute approximate surface area is 100 Å². The number of aromatic nitrogens is 1. The molecule has 86 valence electrons. The number of nitrogens with zero attached hydrogens (tertiary/aromatic N) is 1. The number of thiazole rings is 1. The average molecular weight is 249 g/mol. The molecule has 0 bridgehead atoms. The van der Waals surface area contributed by atoms with E-state index in [2.05, 4.69) is 4.98 Å². The molecule has 3 aromatic rings. The van der Waals surface area contributed by atoms with Crippen LogP contribution in [-0.2, 0) is 0 Å². The molecule has 0 amide bonds. The second kappa shape index (κ2) is 3.94. The van der Waals surface area contributed by atoms with Crippen molar-refractivity contribution in [1.82, 2.24) is 4.98 Å². The van der Waals surface area contributed by atoms with Crippen LogP contribution in [-0.4, -0.2) is 10.1 Å². The van der Waals surface area contributed by atoms with Crippen LogP contribution < -0.4 is 0 Å². The number of rotatable bonds is 2. The maximum absolute atomic E-state index is 13.0. The zero-order valence-electron chi connectivity index (χ0n) is 8.63. The SMILES string of the molecule is OC(c1cc2cc(F)ccc2o1)c1cncs1. The highest BCUT2D eigenvalue weighted by Crippen LogP contribution is 2.29. The van der Waals surface area contributed by atoms with Gasteiger partial charge in [0, 0.05) is 11.6 Å². The number of halogens is 1. The van der Waals surface area contributed by atoms with Crippen molar-refractivity contribution < 1.29 is 13.9 Å². The molecule has 2 heterocycles. The highest BCUT2D eigenvalue weighted by atomic mass is 32.1. The van der Waals surface area contributed by atoms with E-state index < -0.39 is 6.10 Å². The minimum atomic E-state index is -0.849. The first-order chi connectivity index (χ1) is 8.24. The van der Waals surface area contributed by atoms with E-state index in [9.17, 15) is 9.50 Å². The standard InChI is InChI=1S/C12H8FNO2S/c13-8-1-2-9-7(3-8)4-10(16-9)12(15)11-5-14-6-17-11/h1-6,12,15H. The third-order valence-electron chi connectivity index (χ3n) is 2.49. The molecule has 3 nitrogen and oxygen atoms in total. The fraction of sp³-hybridized carbons (Fsp3) is 0.0833. The van der Waals surface area contributed by atoms with Crippen LogP contribution >= 0.6 is 11.3 Å². The summed E-state index contributed by atoms with van der Waals surface area (Å²) >= 11 is 1.34. The van der Waals surface area contributed by atoms with Crippen molar-refractivity contribution in [3.05, 3.63) is 52.4 Å². The average Bonchev–Trinajstić information content (AvgIpc) is 2.96. The highest BCUT2D eigenvalue weighted by molar-refractivity contribution is 7.09. The van der Waals surface area contributed by atoms with Gasteiger partial charge in [-0.05, 0) is 24.3 Å². The minimum Gasteiger partial charge on any atom is -0.458 e. The number of hydrogen-bond acceptors (Lipinski definition) is 4. The highest BCUT2D eigenvalue weighted by Gasteiger charge is 2.17.